The van der Waals surface area contributed by atoms with E-state index in [2.05, 4.69) is 4.99 Å². The van der Waals surface area contributed by atoms with E-state index in [1.54, 1.807) is 20.1 Å². The van der Waals surface area contributed by atoms with E-state index in [-0.39, 0.29) is 5.78 Å². The Labute approximate surface area is 65.6 Å². The SMILES string of the molecule is C/C=N\C(C(C)=O)=C(/C)Cl. The Kier molecular flexibility index (Phi) is 3.96. The van der Waals surface area contributed by atoms with Crippen molar-refractivity contribution in [1.82, 2.24) is 0 Å². The molecular formula is C7H10ClNO. The largest absolute Gasteiger partial charge is 0.293 e. The second-order valence-corrected chi connectivity index (χ2v) is 2.39. The highest BCUT2D eigenvalue weighted by Gasteiger charge is 2.02. The summed E-state index contributed by atoms with van der Waals surface area (Å²) in [5.41, 5.74) is 0.337. The first-order valence-electron chi connectivity index (χ1n) is 2.95. The quantitative estimate of drug-likeness (QED) is 0.449. The number of carbonyl (C=O) groups excluding carboxylic acids is 1. The molecule has 2 nitrogen and oxygen atoms in total. The molecule has 0 bridgehead atoms. The molecule has 0 amide bonds. The van der Waals surface area contributed by atoms with E-state index in [0.717, 1.165) is 0 Å². The molecule has 0 unspecified atom stereocenters. The minimum atomic E-state index is -0.106. The van der Waals surface area contributed by atoms with Crippen LogP contribution in [-0.2, 0) is 4.79 Å². The number of carbonyl (C=O) groups is 1. The van der Waals surface area contributed by atoms with Crippen molar-refractivity contribution in [2.75, 3.05) is 0 Å². The lowest BCUT2D eigenvalue weighted by Gasteiger charge is -1.94. The van der Waals surface area contributed by atoms with Crippen LogP contribution in [0.4, 0.5) is 0 Å². The molecule has 0 N–H and O–H groups in total. The number of hydrogen-bond donors (Lipinski definition) is 0. The van der Waals surface area contributed by atoms with Crippen LogP contribution in [0.25, 0.3) is 0 Å². The maximum Gasteiger partial charge on any atom is 0.179 e. The van der Waals surface area contributed by atoms with Gasteiger partial charge in [-0.15, -0.1) is 0 Å². The zero-order chi connectivity index (χ0) is 8.15. The number of Topliss-reactive ketones (excluding diaryl/α,β-unsaturated/α-hetero) is 1. The first-order valence-corrected chi connectivity index (χ1v) is 3.33. The lowest BCUT2D eigenvalue weighted by Crippen LogP contribution is -1.94. The third-order valence-corrected chi connectivity index (χ3v) is 1.10. The third kappa shape index (κ3) is 2.78. The van der Waals surface area contributed by atoms with Crippen LogP contribution >= 0.6 is 11.6 Å². The zero-order valence-electron chi connectivity index (χ0n) is 6.31. The fourth-order valence-corrected chi connectivity index (χ4v) is 0.733. The standard InChI is InChI=1S/C7H10ClNO/c1-4-9-7(5(2)8)6(3)10/h4H,1-3H3/b7-5+,9-4-. The maximum absolute atomic E-state index is 10.7. The van der Waals surface area contributed by atoms with E-state index in [0.29, 0.717) is 10.7 Å². The summed E-state index contributed by atoms with van der Waals surface area (Å²) in [5.74, 6) is -0.106. The van der Waals surface area contributed by atoms with Crippen molar-refractivity contribution in [3.8, 4) is 0 Å². The second-order valence-electron chi connectivity index (χ2n) is 1.83. The molecule has 0 atom stereocenters. The molecule has 0 saturated carbocycles. The number of aliphatic imine (C=N–C) groups is 1. The Bertz CT molecular complexity index is 190. The monoisotopic (exact) mass is 159 g/mol. The van der Waals surface area contributed by atoms with Gasteiger partial charge in [-0.05, 0) is 13.8 Å². The smallest absolute Gasteiger partial charge is 0.179 e. The predicted molar refractivity (Wildman–Crippen MR) is 43.4 cm³/mol. The van der Waals surface area contributed by atoms with E-state index >= 15 is 0 Å². The maximum atomic E-state index is 10.7. The van der Waals surface area contributed by atoms with Crippen molar-refractivity contribution >= 4 is 23.6 Å². The fraction of sp³-hybridized carbons (Fsp3) is 0.429. The van der Waals surface area contributed by atoms with Gasteiger partial charge >= 0.3 is 0 Å². The van der Waals surface area contributed by atoms with Gasteiger partial charge in [-0.1, -0.05) is 11.6 Å². The molecule has 56 valence electrons. The summed E-state index contributed by atoms with van der Waals surface area (Å²) in [5, 5.41) is 0.436. The van der Waals surface area contributed by atoms with Crippen LogP contribution in [0, 0.1) is 0 Å². The Hall–Kier alpha value is -0.630. The van der Waals surface area contributed by atoms with Crippen LogP contribution in [0.3, 0.4) is 0 Å². The minimum Gasteiger partial charge on any atom is -0.293 e. The van der Waals surface area contributed by atoms with Crippen molar-refractivity contribution < 1.29 is 4.79 Å². The van der Waals surface area contributed by atoms with Gasteiger partial charge in [0, 0.05) is 18.2 Å². The summed E-state index contributed by atoms with van der Waals surface area (Å²) in [6.45, 7) is 4.82. The van der Waals surface area contributed by atoms with Crippen LogP contribution in [0.5, 0.6) is 0 Å². The molecule has 0 aromatic rings. The molecule has 0 aliphatic rings. The average Bonchev–Trinajstić information content (AvgIpc) is 1.81. The van der Waals surface area contributed by atoms with Crippen molar-refractivity contribution in [2.45, 2.75) is 20.8 Å². The molecule has 0 aromatic heterocycles. The van der Waals surface area contributed by atoms with Gasteiger partial charge in [0.1, 0.15) is 5.70 Å². The van der Waals surface area contributed by atoms with E-state index in [1.807, 2.05) is 0 Å². The van der Waals surface area contributed by atoms with Crippen molar-refractivity contribution in [1.29, 1.82) is 0 Å². The molecule has 3 heteroatoms. The number of hydrogen-bond acceptors (Lipinski definition) is 2. The molecule has 0 radical (unpaired) electrons. The van der Waals surface area contributed by atoms with Crippen molar-refractivity contribution in [3.63, 3.8) is 0 Å². The van der Waals surface area contributed by atoms with Gasteiger partial charge in [-0.25, -0.2) is 0 Å². The lowest BCUT2D eigenvalue weighted by atomic mass is 10.3. The average molecular weight is 160 g/mol. The summed E-state index contributed by atoms with van der Waals surface area (Å²) >= 11 is 5.56. The Morgan fingerprint density at radius 3 is 2.10 bits per heavy atom. The third-order valence-electron chi connectivity index (χ3n) is 0.918. The van der Waals surface area contributed by atoms with Crippen molar-refractivity contribution in [3.05, 3.63) is 10.7 Å². The summed E-state index contributed by atoms with van der Waals surface area (Å²) in [6, 6.07) is 0. The van der Waals surface area contributed by atoms with Gasteiger partial charge < -0.3 is 0 Å². The number of allylic oxidation sites excluding steroid dienone is 2. The van der Waals surface area contributed by atoms with E-state index < -0.39 is 0 Å². The molecule has 10 heavy (non-hydrogen) atoms. The van der Waals surface area contributed by atoms with Crippen molar-refractivity contribution in [2.24, 2.45) is 4.99 Å². The van der Waals surface area contributed by atoms with Gasteiger partial charge in [0.25, 0.3) is 0 Å². The highest BCUT2D eigenvalue weighted by atomic mass is 35.5. The van der Waals surface area contributed by atoms with Gasteiger partial charge in [0.15, 0.2) is 5.78 Å². The Morgan fingerprint density at radius 2 is 2.00 bits per heavy atom. The molecule has 0 aliphatic heterocycles. The number of halogens is 1. The highest BCUT2D eigenvalue weighted by Crippen LogP contribution is 2.09. The number of nitrogens with zero attached hydrogens (tertiary/aromatic N) is 1. The van der Waals surface area contributed by atoms with Gasteiger partial charge in [-0.3, -0.25) is 9.79 Å². The first kappa shape index (κ1) is 9.37. The topological polar surface area (TPSA) is 29.4 Å². The normalized spacial score (nSPS) is 13.6. The lowest BCUT2D eigenvalue weighted by molar-refractivity contribution is -0.113. The zero-order valence-corrected chi connectivity index (χ0v) is 7.07. The summed E-state index contributed by atoms with van der Waals surface area (Å²) in [6.07, 6.45) is 1.54. The molecule has 0 aromatic carbocycles. The Morgan fingerprint density at radius 1 is 1.50 bits per heavy atom. The second kappa shape index (κ2) is 4.23. The molecule has 0 saturated heterocycles. The van der Waals surface area contributed by atoms with Gasteiger partial charge in [0.05, 0.1) is 0 Å². The van der Waals surface area contributed by atoms with Gasteiger partial charge in [-0.2, -0.15) is 0 Å². The first-order chi connectivity index (χ1) is 4.59. The minimum absolute atomic E-state index is 0.106. The molecule has 0 heterocycles. The summed E-state index contributed by atoms with van der Waals surface area (Å²) in [7, 11) is 0. The van der Waals surface area contributed by atoms with Crippen LogP contribution in [-0.4, -0.2) is 12.0 Å². The van der Waals surface area contributed by atoms with E-state index in [9.17, 15) is 4.79 Å². The van der Waals surface area contributed by atoms with Crippen LogP contribution in [0.2, 0.25) is 0 Å². The molecule has 0 aliphatic carbocycles. The van der Waals surface area contributed by atoms with Crippen LogP contribution in [0.1, 0.15) is 20.8 Å². The summed E-state index contributed by atoms with van der Waals surface area (Å²) < 4.78 is 0. The highest BCUT2D eigenvalue weighted by molar-refractivity contribution is 6.31. The molecule has 0 spiro atoms. The molecular weight excluding hydrogens is 150 g/mol. The van der Waals surface area contributed by atoms with E-state index in [1.165, 1.54) is 6.92 Å². The molecule has 0 fully saturated rings. The summed E-state index contributed by atoms with van der Waals surface area (Å²) in [4.78, 5) is 14.5. The number of ketones is 1. The van der Waals surface area contributed by atoms with E-state index in [4.69, 9.17) is 11.6 Å². The number of rotatable bonds is 2. The van der Waals surface area contributed by atoms with Crippen LogP contribution in [0.15, 0.2) is 15.7 Å². The predicted octanol–water partition coefficient (Wildman–Crippen LogP) is 2.14. The fourth-order valence-electron chi connectivity index (χ4n) is 0.552. The Balaban J connectivity index is 4.61. The molecule has 0 rings (SSSR count). The van der Waals surface area contributed by atoms with Crippen LogP contribution < -0.4 is 0 Å². The van der Waals surface area contributed by atoms with Gasteiger partial charge in [0.2, 0.25) is 0 Å².